The summed E-state index contributed by atoms with van der Waals surface area (Å²) < 4.78 is 0. The van der Waals surface area contributed by atoms with Crippen LogP contribution in [-0.2, 0) is 6.54 Å². The lowest BCUT2D eigenvalue weighted by atomic mass is 10.2. The molecule has 20 heavy (non-hydrogen) atoms. The van der Waals surface area contributed by atoms with Gasteiger partial charge < -0.3 is 5.32 Å². The van der Waals surface area contributed by atoms with Crippen molar-refractivity contribution in [2.75, 3.05) is 18.4 Å². The van der Waals surface area contributed by atoms with Crippen molar-refractivity contribution in [1.29, 1.82) is 0 Å². The number of likely N-dealkylation sites (tertiary alicyclic amines) is 1. The minimum absolute atomic E-state index is 0.636. The maximum Gasteiger partial charge on any atom is 0.126 e. The molecule has 0 bridgehead atoms. The van der Waals surface area contributed by atoms with E-state index in [1.807, 2.05) is 18.3 Å². The summed E-state index contributed by atoms with van der Waals surface area (Å²) in [5.41, 5.74) is 1.42. The highest BCUT2D eigenvalue weighted by molar-refractivity contribution is 5.38. The highest BCUT2D eigenvalue weighted by Crippen LogP contribution is 2.47. The lowest BCUT2D eigenvalue weighted by Gasteiger charge is -2.20. The zero-order chi connectivity index (χ0) is 13.4. The SMILES string of the molecule is c1ccc(CN2CC3C(C2)C3Nc2ccccn2)cc1. The molecule has 1 aliphatic heterocycles. The van der Waals surface area contributed by atoms with Gasteiger partial charge in [0.05, 0.1) is 0 Å². The third kappa shape index (κ3) is 2.29. The Labute approximate surface area is 119 Å². The van der Waals surface area contributed by atoms with Crippen molar-refractivity contribution >= 4 is 5.82 Å². The van der Waals surface area contributed by atoms with Gasteiger partial charge >= 0.3 is 0 Å². The molecule has 0 radical (unpaired) electrons. The van der Waals surface area contributed by atoms with Crippen molar-refractivity contribution in [3.8, 4) is 0 Å². The monoisotopic (exact) mass is 265 g/mol. The molecular formula is C17H19N3. The zero-order valence-corrected chi connectivity index (χ0v) is 11.4. The zero-order valence-electron chi connectivity index (χ0n) is 11.4. The van der Waals surface area contributed by atoms with Crippen LogP contribution in [0.3, 0.4) is 0 Å². The van der Waals surface area contributed by atoms with Gasteiger partial charge in [-0.05, 0) is 29.5 Å². The van der Waals surface area contributed by atoms with Crippen LogP contribution in [0.1, 0.15) is 5.56 Å². The quantitative estimate of drug-likeness (QED) is 0.921. The predicted molar refractivity (Wildman–Crippen MR) is 80.3 cm³/mol. The molecule has 3 nitrogen and oxygen atoms in total. The van der Waals surface area contributed by atoms with Gasteiger partial charge in [-0.3, -0.25) is 4.90 Å². The van der Waals surface area contributed by atoms with Gasteiger partial charge in [0.2, 0.25) is 0 Å². The van der Waals surface area contributed by atoms with Gasteiger partial charge in [-0.2, -0.15) is 0 Å². The summed E-state index contributed by atoms with van der Waals surface area (Å²) in [4.78, 5) is 6.92. The van der Waals surface area contributed by atoms with Gasteiger partial charge in [0.25, 0.3) is 0 Å². The molecule has 2 aromatic rings. The number of nitrogens with one attached hydrogen (secondary N) is 1. The molecule has 0 amide bonds. The fraction of sp³-hybridized carbons (Fsp3) is 0.353. The molecule has 2 aliphatic rings. The average molecular weight is 265 g/mol. The third-order valence-electron chi connectivity index (χ3n) is 4.50. The van der Waals surface area contributed by atoms with E-state index in [0.29, 0.717) is 6.04 Å². The highest BCUT2D eigenvalue weighted by atomic mass is 15.2. The molecule has 1 saturated carbocycles. The summed E-state index contributed by atoms with van der Waals surface area (Å²) in [6.07, 6.45) is 1.85. The van der Waals surface area contributed by atoms with Crippen LogP contribution in [0.2, 0.25) is 0 Å². The third-order valence-corrected chi connectivity index (χ3v) is 4.50. The van der Waals surface area contributed by atoms with Crippen molar-refractivity contribution in [2.24, 2.45) is 11.8 Å². The fourth-order valence-corrected chi connectivity index (χ4v) is 3.42. The molecule has 102 valence electrons. The van der Waals surface area contributed by atoms with Gasteiger partial charge in [-0.15, -0.1) is 0 Å². The highest BCUT2D eigenvalue weighted by Gasteiger charge is 2.55. The number of piperidine rings is 1. The number of hydrogen-bond donors (Lipinski definition) is 1. The summed E-state index contributed by atoms with van der Waals surface area (Å²) >= 11 is 0. The van der Waals surface area contributed by atoms with Crippen LogP contribution in [0.5, 0.6) is 0 Å². The van der Waals surface area contributed by atoms with Crippen molar-refractivity contribution in [1.82, 2.24) is 9.88 Å². The van der Waals surface area contributed by atoms with Gasteiger partial charge in [-0.25, -0.2) is 4.98 Å². The summed E-state index contributed by atoms with van der Waals surface area (Å²) in [5, 5.41) is 3.56. The molecule has 0 spiro atoms. The first kappa shape index (κ1) is 11.9. The molecule has 2 unspecified atom stereocenters. The van der Waals surface area contributed by atoms with Crippen LogP contribution < -0.4 is 5.32 Å². The normalized spacial score (nSPS) is 28.1. The Morgan fingerprint density at radius 3 is 2.45 bits per heavy atom. The molecule has 2 fully saturated rings. The Bertz CT molecular complexity index is 518. The molecule has 4 rings (SSSR count). The van der Waals surface area contributed by atoms with Crippen molar-refractivity contribution in [3.63, 3.8) is 0 Å². The smallest absolute Gasteiger partial charge is 0.126 e. The van der Waals surface area contributed by atoms with Crippen LogP contribution in [0.25, 0.3) is 0 Å². The lowest BCUT2D eigenvalue weighted by molar-refractivity contribution is 0.292. The standard InChI is InChI=1S/C17H19N3/c1-2-6-13(7-3-1)10-20-11-14-15(12-20)17(14)19-16-8-4-5-9-18-16/h1-9,14-15,17H,10-12H2,(H,18,19). The first-order valence-electron chi connectivity index (χ1n) is 7.34. The molecule has 2 atom stereocenters. The molecule has 3 heteroatoms. The van der Waals surface area contributed by atoms with E-state index in [4.69, 9.17) is 0 Å². The largest absolute Gasteiger partial charge is 0.367 e. The molecule has 1 aromatic carbocycles. The number of pyridine rings is 1. The van der Waals surface area contributed by atoms with Gasteiger partial charge in [0.1, 0.15) is 5.82 Å². The van der Waals surface area contributed by atoms with Crippen molar-refractivity contribution in [2.45, 2.75) is 12.6 Å². The first-order valence-corrected chi connectivity index (χ1v) is 7.34. The van der Waals surface area contributed by atoms with E-state index in [0.717, 1.165) is 24.2 Å². The molecule has 2 heterocycles. The fourth-order valence-electron chi connectivity index (χ4n) is 3.42. The molecule has 1 N–H and O–H groups in total. The molecule has 1 saturated heterocycles. The Kier molecular flexibility index (Phi) is 2.92. The number of aromatic nitrogens is 1. The second kappa shape index (κ2) is 4.91. The van der Waals surface area contributed by atoms with E-state index in [1.54, 1.807) is 0 Å². The van der Waals surface area contributed by atoms with Crippen LogP contribution in [0.4, 0.5) is 5.82 Å². The first-order chi connectivity index (χ1) is 9.90. The van der Waals surface area contributed by atoms with Gasteiger partial charge in [0, 0.05) is 31.9 Å². The van der Waals surface area contributed by atoms with Crippen LogP contribution in [0.15, 0.2) is 54.7 Å². The van der Waals surface area contributed by atoms with Gasteiger partial charge in [-0.1, -0.05) is 36.4 Å². The predicted octanol–water partition coefficient (Wildman–Crippen LogP) is 2.62. The maximum atomic E-state index is 4.35. The second-order valence-corrected chi connectivity index (χ2v) is 5.89. The van der Waals surface area contributed by atoms with E-state index in [1.165, 1.54) is 18.7 Å². The van der Waals surface area contributed by atoms with Gasteiger partial charge in [0.15, 0.2) is 0 Å². The van der Waals surface area contributed by atoms with E-state index in [9.17, 15) is 0 Å². The number of fused-ring (bicyclic) bond motifs is 1. The van der Waals surface area contributed by atoms with E-state index < -0.39 is 0 Å². The molecule has 1 aliphatic carbocycles. The maximum absolute atomic E-state index is 4.35. The second-order valence-electron chi connectivity index (χ2n) is 5.89. The Morgan fingerprint density at radius 1 is 1.00 bits per heavy atom. The molecular weight excluding hydrogens is 246 g/mol. The number of hydrogen-bond acceptors (Lipinski definition) is 3. The molecule has 1 aromatic heterocycles. The summed E-state index contributed by atoms with van der Waals surface area (Å²) in [7, 11) is 0. The van der Waals surface area contributed by atoms with Crippen LogP contribution in [0, 0.1) is 11.8 Å². The Balaban J connectivity index is 1.31. The van der Waals surface area contributed by atoms with Crippen LogP contribution >= 0.6 is 0 Å². The minimum atomic E-state index is 0.636. The van der Waals surface area contributed by atoms with E-state index >= 15 is 0 Å². The van der Waals surface area contributed by atoms with Crippen molar-refractivity contribution < 1.29 is 0 Å². The van der Waals surface area contributed by atoms with E-state index in [2.05, 4.69) is 51.6 Å². The number of anilines is 1. The summed E-state index contributed by atoms with van der Waals surface area (Å²) in [5.74, 6) is 2.63. The Morgan fingerprint density at radius 2 is 1.75 bits per heavy atom. The minimum Gasteiger partial charge on any atom is -0.367 e. The topological polar surface area (TPSA) is 28.2 Å². The lowest BCUT2D eigenvalue weighted by Crippen LogP contribution is -2.27. The Hall–Kier alpha value is -1.87. The summed E-state index contributed by atoms with van der Waals surface area (Å²) in [6.45, 7) is 3.51. The van der Waals surface area contributed by atoms with Crippen LogP contribution in [-0.4, -0.2) is 29.0 Å². The van der Waals surface area contributed by atoms with Crippen molar-refractivity contribution in [3.05, 3.63) is 60.3 Å². The number of rotatable bonds is 4. The van der Waals surface area contributed by atoms with E-state index in [-0.39, 0.29) is 0 Å². The average Bonchev–Trinajstić information content (AvgIpc) is 2.95. The summed E-state index contributed by atoms with van der Waals surface area (Å²) in [6, 6.07) is 17.4. The number of benzene rings is 1. The number of nitrogens with zero attached hydrogens (tertiary/aromatic N) is 2.